The third kappa shape index (κ3) is 4.88. The molecule has 0 aliphatic rings. The van der Waals surface area contributed by atoms with Crippen molar-refractivity contribution in [1.82, 2.24) is 0 Å². The molecule has 3 N–H and O–H groups in total. The molecule has 0 aromatic heterocycles. The third-order valence-corrected chi connectivity index (χ3v) is 4.46. The molecule has 0 saturated heterocycles. The van der Waals surface area contributed by atoms with Crippen molar-refractivity contribution in [3.05, 3.63) is 24.0 Å². The summed E-state index contributed by atoms with van der Waals surface area (Å²) >= 11 is 0. The van der Waals surface area contributed by atoms with Gasteiger partial charge in [0.1, 0.15) is 15.7 Å². The Morgan fingerprint density at radius 3 is 2.39 bits per heavy atom. The van der Waals surface area contributed by atoms with Gasteiger partial charge in [0, 0.05) is 11.9 Å². The fourth-order valence-corrected chi connectivity index (χ4v) is 3.78. The predicted octanol–water partition coefficient (Wildman–Crippen LogP) is 0.194. The van der Waals surface area contributed by atoms with Crippen molar-refractivity contribution in [2.24, 2.45) is 0 Å². The lowest BCUT2D eigenvalue weighted by molar-refractivity contribution is 0.592. The molecular weight excluding hydrogens is 283 g/mol. The summed E-state index contributed by atoms with van der Waals surface area (Å²) in [7, 11) is -7.34. The summed E-state index contributed by atoms with van der Waals surface area (Å²) in [6, 6.07) is 3.42. The van der Waals surface area contributed by atoms with Crippen LogP contribution in [-0.2, 0) is 19.9 Å². The van der Waals surface area contributed by atoms with Crippen LogP contribution in [0.4, 0.5) is 15.8 Å². The number of benzene rings is 1. The maximum absolute atomic E-state index is 13.3. The molecule has 0 amide bonds. The highest BCUT2D eigenvalue weighted by Crippen LogP contribution is 2.18. The van der Waals surface area contributed by atoms with Gasteiger partial charge in [-0.3, -0.25) is 4.72 Å². The molecule has 102 valence electrons. The lowest BCUT2D eigenvalue weighted by atomic mass is 10.3. The highest BCUT2D eigenvalue weighted by Gasteiger charge is 2.16. The number of anilines is 2. The SMILES string of the molecule is CS(=O)(=O)CCS(=O)(=O)Nc1cc(N)ccc1F. The fraction of sp³-hybridized carbons (Fsp3) is 0.333. The number of nitrogens with two attached hydrogens (primary N) is 1. The molecule has 0 aliphatic carbocycles. The average Bonchev–Trinajstić information content (AvgIpc) is 2.20. The minimum Gasteiger partial charge on any atom is -0.399 e. The van der Waals surface area contributed by atoms with Crippen molar-refractivity contribution in [3.63, 3.8) is 0 Å². The molecule has 1 aromatic carbocycles. The van der Waals surface area contributed by atoms with E-state index >= 15 is 0 Å². The Bertz CT molecular complexity index is 641. The minimum atomic E-state index is -3.93. The molecule has 0 bridgehead atoms. The number of nitrogens with one attached hydrogen (secondary N) is 1. The Labute approximate surface area is 105 Å². The number of hydrogen-bond donors (Lipinski definition) is 2. The first-order valence-electron chi connectivity index (χ1n) is 4.82. The molecule has 0 atom stereocenters. The van der Waals surface area contributed by atoms with Gasteiger partial charge in [-0.25, -0.2) is 21.2 Å². The van der Waals surface area contributed by atoms with Gasteiger partial charge in [-0.05, 0) is 18.2 Å². The zero-order valence-electron chi connectivity index (χ0n) is 9.55. The van der Waals surface area contributed by atoms with Crippen molar-refractivity contribution in [2.75, 3.05) is 28.2 Å². The van der Waals surface area contributed by atoms with E-state index < -0.39 is 37.2 Å². The van der Waals surface area contributed by atoms with E-state index in [4.69, 9.17) is 5.73 Å². The van der Waals surface area contributed by atoms with Crippen LogP contribution in [0.15, 0.2) is 18.2 Å². The molecule has 0 fully saturated rings. The second kappa shape index (κ2) is 5.11. The largest absolute Gasteiger partial charge is 0.399 e. The van der Waals surface area contributed by atoms with E-state index in [1.165, 1.54) is 6.07 Å². The molecule has 1 aromatic rings. The van der Waals surface area contributed by atoms with Gasteiger partial charge in [0.05, 0.1) is 17.2 Å². The molecule has 0 aliphatic heterocycles. The monoisotopic (exact) mass is 296 g/mol. The molecule has 0 radical (unpaired) electrons. The Morgan fingerprint density at radius 2 is 1.83 bits per heavy atom. The first kappa shape index (κ1) is 14.7. The van der Waals surface area contributed by atoms with Crippen LogP contribution in [0.1, 0.15) is 0 Å². The molecule has 9 heteroatoms. The summed E-state index contributed by atoms with van der Waals surface area (Å²) in [5.41, 5.74) is 5.28. The quantitative estimate of drug-likeness (QED) is 0.755. The van der Waals surface area contributed by atoms with Crippen molar-refractivity contribution in [1.29, 1.82) is 0 Å². The third-order valence-electron chi connectivity index (χ3n) is 1.98. The molecule has 6 nitrogen and oxygen atoms in total. The van der Waals surface area contributed by atoms with Crippen LogP contribution in [-0.4, -0.2) is 34.6 Å². The number of halogens is 1. The van der Waals surface area contributed by atoms with E-state index in [0.29, 0.717) is 0 Å². The topological polar surface area (TPSA) is 106 Å². The lowest BCUT2D eigenvalue weighted by Crippen LogP contribution is -2.23. The van der Waals surface area contributed by atoms with Crippen molar-refractivity contribution in [2.45, 2.75) is 0 Å². The highest BCUT2D eigenvalue weighted by molar-refractivity contribution is 7.95. The molecule has 1 rings (SSSR count). The molecule has 0 unspecified atom stereocenters. The van der Waals surface area contributed by atoms with Crippen LogP contribution in [0.5, 0.6) is 0 Å². The van der Waals surface area contributed by atoms with Gasteiger partial charge in [-0.2, -0.15) is 0 Å². The summed E-state index contributed by atoms with van der Waals surface area (Å²) in [5.74, 6) is -1.96. The van der Waals surface area contributed by atoms with E-state index in [0.717, 1.165) is 18.4 Å². The van der Waals surface area contributed by atoms with Gasteiger partial charge in [-0.15, -0.1) is 0 Å². The Morgan fingerprint density at radius 1 is 1.22 bits per heavy atom. The van der Waals surface area contributed by atoms with Crippen LogP contribution >= 0.6 is 0 Å². The number of hydrogen-bond acceptors (Lipinski definition) is 5. The second-order valence-electron chi connectivity index (χ2n) is 3.79. The maximum atomic E-state index is 13.3. The molecule has 0 heterocycles. The molecule has 0 spiro atoms. The van der Waals surface area contributed by atoms with E-state index in [1.54, 1.807) is 0 Å². The van der Waals surface area contributed by atoms with E-state index in [-0.39, 0.29) is 11.4 Å². The standard InChI is InChI=1S/C9H13FN2O4S2/c1-17(13,14)4-5-18(15,16)12-9-6-7(11)2-3-8(9)10/h2-3,6,12H,4-5,11H2,1H3. The number of sulfonamides is 1. The van der Waals surface area contributed by atoms with Crippen LogP contribution in [0, 0.1) is 5.82 Å². The van der Waals surface area contributed by atoms with Crippen LogP contribution in [0.2, 0.25) is 0 Å². The Hall–Kier alpha value is -1.35. The summed E-state index contributed by atoms with van der Waals surface area (Å²) in [5, 5.41) is 0. The average molecular weight is 296 g/mol. The van der Waals surface area contributed by atoms with Crippen molar-refractivity contribution >= 4 is 31.2 Å². The number of sulfone groups is 1. The normalized spacial score (nSPS) is 12.3. The van der Waals surface area contributed by atoms with E-state index in [1.807, 2.05) is 4.72 Å². The summed E-state index contributed by atoms with van der Waals surface area (Å²) in [6.45, 7) is 0. The fourth-order valence-electron chi connectivity index (χ4n) is 1.10. The minimum absolute atomic E-state index is 0.192. The lowest BCUT2D eigenvalue weighted by Gasteiger charge is -2.09. The Kier molecular flexibility index (Phi) is 4.17. The molecular formula is C9H13FN2O4S2. The Balaban J connectivity index is 2.86. The summed E-state index contributed by atoms with van der Waals surface area (Å²) in [4.78, 5) is 0. The van der Waals surface area contributed by atoms with Crippen LogP contribution < -0.4 is 10.5 Å². The van der Waals surface area contributed by atoms with Gasteiger partial charge in [0.2, 0.25) is 10.0 Å². The first-order chi connectivity index (χ1) is 8.09. The van der Waals surface area contributed by atoms with Crippen molar-refractivity contribution < 1.29 is 21.2 Å². The smallest absolute Gasteiger partial charge is 0.233 e. The van der Waals surface area contributed by atoms with Crippen LogP contribution in [0.3, 0.4) is 0 Å². The zero-order valence-corrected chi connectivity index (χ0v) is 11.2. The van der Waals surface area contributed by atoms with Crippen LogP contribution in [0.25, 0.3) is 0 Å². The van der Waals surface area contributed by atoms with Gasteiger partial charge < -0.3 is 5.73 Å². The second-order valence-corrected chi connectivity index (χ2v) is 7.89. The maximum Gasteiger partial charge on any atom is 0.233 e. The predicted molar refractivity (Wildman–Crippen MR) is 67.9 cm³/mol. The van der Waals surface area contributed by atoms with Gasteiger partial charge in [0.15, 0.2) is 0 Å². The van der Waals surface area contributed by atoms with E-state index in [2.05, 4.69) is 0 Å². The summed E-state index contributed by atoms with van der Waals surface area (Å²) in [6.07, 6.45) is 0.920. The summed E-state index contributed by atoms with van der Waals surface area (Å²) < 4.78 is 60.0. The highest BCUT2D eigenvalue weighted by atomic mass is 32.2. The van der Waals surface area contributed by atoms with Crippen molar-refractivity contribution in [3.8, 4) is 0 Å². The van der Waals surface area contributed by atoms with E-state index in [9.17, 15) is 21.2 Å². The molecule has 18 heavy (non-hydrogen) atoms. The van der Waals surface area contributed by atoms with Gasteiger partial charge in [-0.1, -0.05) is 0 Å². The zero-order chi connectivity index (χ0) is 14.0. The van der Waals surface area contributed by atoms with Gasteiger partial charge in [0.25, 0.3) is 0 Å². The number of nitrogen functional groups attached to an aromatic ring is 1. The number of rotatable bonds is 5. The molecule has 0 saturated carbocycles. The van der Waals surface area contributed by atoms with Gasteiger partial charge >= 0.3 is 0 Å². The first-order valence-corrected chi connectivity index (χ1v) is 8.53.